The number of rotatable bonds is 3. The minimum atomic E-state index is 0.644. The molecular formula is C15H27N3S. The Hall–Kier alpha value is -0.350. The third kappa shape index (κ3) is 4.06. The molecule has 0 radical (unpaired) electrons. The van der Waals surface area contributed by atoms with Crippen molar-refractivity contribution < 1.29 is 0 Å². The molecule has 2 saturated carbocycles. The molecule has 0 aromatic carbocycles. The molecule has 1 heterocycles. The summed E-state index contributed by atoms with van der Waals surface area (Å²) in [5, 5.41) is 4.61. The molecule has 19 heavy (non-hydrogen) atoms. The zero-order chi connectivity index (χ0) is 13.1. The summed E-state index contributed by atoms with van der Waals surface area (Å²) in [5.41, 5.74) is 0. The van der Waals surface area contributed by atoms with Crippen molar-refractivity contribution in [3.63, 3.8) is 0 Å². The predicted molar refractivity (Wildman–Crippen MR) is 83.3 cm³/mol. The van der Waals surface area contributed by atoms with Crippen LogP contribution in [0.15, 0.2) is 0 Å². The second kappa shape index (κ2) is 6.40. The molecule has 0 bridgehead atoms. The van der Waals surface area contributed by atoms with Crippen molar-refractivity contribution in [3.8, 4) is 0 Å². The lowest BCUT2D eigenvalue weighted by Crippen LogP contribution is -2.53. The van der Waals surface area contributed by atoms with Gasteiger partial charge in [0.05, 0.1) is 0 Å². The van der Waals surface area contributed by atoms with Gasteiger partial charge in [-0.15, -0.1) is 0 Å². The molecule has 3 nitrogen and oxygen atoms in total. The Morgan fingerprint density at radius 2 is 1.63 bits per heavy atom. The van der Waals surface area contributed by atoms with Crippen LogP contribution in [0.4, 0.5) is 0 Å². The highest BCUT2D eigenvalue weighted by molar-refractivity contribution is 7.80. The van der Waals surface area contributed by atoms with E-state index in [1.54, 1.807) is 0 Å². The molecule has 3 fully saturated rings. The summed E-state index contributed by atoms with van der Waals surface area (Å²) in [6.07, 6.45) is 9.68. The van der Waals surface area contributed by atoms with E-state index in [1.165, 1.54) is 64.6 Å². The Morgan fingerprint density at radius 3 is 2.26 bits per heavy atom. The highest BCUT2D eigenvalue weighted by Crippen LogP contribution is 2.29. The number of thiocarbonyl (C=S) groups is 1. The van der Waals surface area contributed by atoms with Gasteiger partial charge in [0.1, 0.15) is 0 Å². The second-order valence-electron chi connectivity index (χ2n) is 6.52. The molecule has 0 aromatic heterocycles. The van der Waals surface area contributed by atoms with E-state index in [1.807, 2.05) is 0 Å². The standard InChI is InChI=1S/C15H27N3S/c19-15(16-14-4-2-1-3-5-14)18-10-8-17(9-11-18)12-13-6-7-13/h13-14H,1-12H2,(H,16,19). The maximum Gasteiger partial charge on any atom is 0.169 e. The van der Waals surface area contributed by atoms with Crippen molar-refractivity contribution in [2.75, 3.05) is 32.7 Å². The van der Waals surface area contributed by atoms with Gasteiger partial charge < -0.3 is 10.2 Å². The largest absolute Gasteiger partial charge is 0.360 e. The van der Waals surface area contributed by atoms with Gasteiger partial charge in [-0.2, -0.15) is 0 Å². The summed E-state index contributed by atoms with van der Waals surface area (Å²) in [5.74, 6) is 1.01. The SMILES string of the molecule is S=C(NC1CCCCC1)N1CCN(CC2CC2)CC1. The van der Waals surface area contributed by atoms with Crippen molar-refractivity contribution in [3.05, 3.63) is 0 Å². The number of hydrogen-bond donors (Lipinski definition) is 1. The first-order chi connectivity index (χ1) is 9.31. The lowest BCUT2D eigenvalue weighted by atomic mass is 9.96. The summed E-state index contributed by atoms with van der Waals surface area (Å²) in [4.78, 5) is 5.00. The fraction of sp³-hybridized carbons (Fsp3) is 0.933. The van der Waals surface area contributed by atoms with Crippen molar-refractivity contribution in [2.24, 2.45) is 5.92 Å². The highest BCUT2D eigenvalue weighted by atomic mass is 32.1. The van der Waals surface area contributed by atoms with E-state index >= 15 is 0 Å². The van der Waals surface area contributed by atoms with Gasteiger partial charge >= 0.3 is 0 Å². The Morgan fingerprint density at radius 1 is 0.947 bits per heavy atom. The van der Waals surface area contributed by atoms with Crippen LogP contribution in [0.2, 0.25) is 0 Å². The van der Waals surface area contributed by atoms with E-state index in [2.05, 4.69) is 15.1 Å². The Bertz CT molecular complexity index is 303. The van der Waals surface area contributed by atoms with Crippen LogP contribution in [0.25, 0.3) is 0 Å². The van der Waals surface area contributed by atoms with Crippen LogP contribution >= 0.6 is 12.2 Å². The second-order valence-corrected chi connectivity index (χ2v) is 6.90. The van der Waals surface area contributed by atoms with Crippen LogP contribution < -0.4 is 5.32 Å². The Kier molecular flexibility index (Phi) is 4.59. The summed E-state index contributed by atoms with van der Waals surface area (Å²) in [6, 6.07) is 0.644. The molecule has 2 aliphatic carbocycles. The van der Waals surface area contributed by atoms with E-state index in [9.17, 15) is 0 Å². The Labute approximate surface area is 122 Å². The maximum absolute atomic E-state index is 5.59. The number of nitrogens with zero attached hydrogens (tertiary/aromatic N) is 2. The lowest BCUT2D eigenvalue weighted by molar-refractivity contribution is 0.174. The van der Waals surface area contributed by atoms with Crippen molar-refractivity contribution in [1.82, 2.24) is 15.1 Å². The predicted octanol–water partition coefficient (Wildman–Crippen LogP) is 2.22. The van der Waals surface area contributed by atoms with Gasteiger partial charge in [-0.3, -0.25) is 4.90 Å². The van der Waals surface area contributed by atoms with Gasteiger partial charge in [-0.05, 0) is 43.8 Å². The van der Waals surface area contributed by atoms with Gasteiger partial charge in [0.25, 0.3) is 0 Å². The number of piperazine rings is 1. The quantitative estimate of drug-likeness (QED) is 0.799. The summed E-state index contributed by atoms with van der Waals surface area (Å²) >= 11 is 5.59. The molecule has 1 N–H and O–H groups in total. The fourth-order valence-electron chi connectivity index (χ4n) is 3.31. The molecule has 3 rings (SSSR count). The summed E-state index contributed by atoms with van der Waals surface area (Å²) in [6.45, 7) is 5.96. The molecule has 108 valence electrons. The minimum Gasteiger partial charge on any atom is -0.360 e. The molecule has 1 saturated heterocycles. The van der Waals surface area contributed by atoms with Crippen LogP contribution in [0, 0.1) is 5.92 Å². The average Bonchev–Trinajstić information content (AvgIpc) is 3.25. The summed E-state index contributed by atoms with van der Waals surface area (Å²) < 4.78 is 0. The normalized spacial score (nSPS) is 26.4. The van der Waals surface area contributed by atoms with E-state index in [-0.39, 0.29) is 0 Å². The third-order valence-electron chi connectivity index (χ3n) is 4.81. The number of hydrogen-bond acceptors (Lipinski definition) is 2. The van der Waals surface area contributed by atoms with Crippen LogP contribution in [0.5, 0.6) is 0 Å². The van der Waals surface area contributed by atoms with Crippen LogP contribution in [-0.4, -0.2) is 53.7 Å². The molecule has 0 amide bonds. The van der Waals surface area contributed by atoms with Crippen LogP contribution in [-0.2, 0) is 0 Å². The van der Waals surface area contributed by atoms with Gasteiger partial charge in [0, 0.05) is 38.8 Å². The molecule has 0 unspecified atom stereocenters. The van der Waals surface area contributed by atoms with E-state index in [0.717, 1.165) is 24.1 Å². The fourth-order valence-corrected chi connectivity index (χ4v) is 3.66. The molecular weight excluding hydrogens is 254 g/mol. The smallest absolute Gasteiger partial charge is 0.169 e. The number of nitrogens with one attached hydrogen (secondary N) is 1. The third-order valence-corrected chi connectivity index (χ3v) is 5.18. The average molecular weight is 281 g/mol. The van der Waals surface area contributed by atoms with Crippen LogP contribution in [0.1, 0.15) is 44.9 Å². The molecule has 1 aliphatic heterocycles. The first-order valence-electron chi connectivity index (χ1n) is 8.09. The highest BCUT2D eigenvalue weighted by Gasteiger charge is 2.27. The van der Waals surface area contributed by atoms with Gasteiger partial charge in [0.2, 0.25) is 0 Å². The molecule has 4 heteroatoms. The van der Waals surface area contributed by atoms with Crippen LogP contribution in [0.3, 0.4) is 0 Å². The molecule has 0 aromatic rings. The van der Waals surface area contributed by atoms with E-state index in [4.69, 9.17) is 12.2 Å². The van der Waals surface area contributed by atoms with Gasteiger partial charge in [-0.25, -0.2) is 0 Å². The van der Waals surface area contributed by atoms with Crippen molar-refractivity contribution >= 4 is 17.3 Å². The monoisotopic (exact) mass is 281 g/mol. The summed E-state index contributed by atoms with van der Waals surface area (Å²) in [7, 11) is 0. The Balaban J connectivity index is 1.38. The van der Waals surface area contributed by atoms with E-state index < -0.39 is 0 Å². The minimum absolute atomic E-state index is 0.644. The topological polar surface area (TPSA) is 18.5 Å². The molecule has 0 spiro atoms. The van der Waals surface area contributed by atoms with Gasteiger partial charge in [-0.1, -0.05) is 19.3 Å². The molecule has 0 atom stereocenters. The first-order valence-corrected chi connectivity index (χ1v) is 8.50. The van der Waals surface area contributed by atoms with Crippen molar-refractivity contribution in [2.45, 2.75) is 51.0 Å². The van der Waals surface area contributed by atoms with Gasteiger partial charge in [0.15, 0.2) is 5.11 Å². The zero-order valence-electron chi connectivity index (χ0n) is 11.9. The molecule has 3 aliphatic rings. The maximum atomic E-state index is 5.59. The zero-order valence-corrected chi connectivity index (χ0v) is 12.8. The lowest BCUT2D eigenvalue weighted by Gasteiger charge is -2.37. The van der Waals surface area contributed by atoms with Crippen molar-refractivity contribution in [1.29, 1.82) is 0 Å². The van der Waals surface area contributed by atoms with E-state index in [0.29, 0.717) is 6.04 Å². The first kappa shape index (κ1) is 13.6.